The first-order valence-electron chi connectivity index (χ1n) is 7.32. The highest BCUT2D eigenvalue weighted by Gasteiger charge is 2.21. The van der Waals surface area contributed by atoms with Crippen LogP contribution in [0.4, 0.5) is 0 Å². The first-order valence-corrected chi connectivity index (χ1v) is 7.32. The SMILES string of the molecule is CN(CCOCC1CC1)CC(C(=N)N)c1ccccc1. The van der Waals surface area contributed by atoms with Gasteiger partial charge in [-0.3, -0.25) is 5.41 Å². The average Bonchev–Trinajstić information content (AvgIpc) is 3.26. The summed E-state index contributed by atoms with van der Waals surface area (Å²) >= 11 is 0. The Morgan fingerprint density at radius 2 is 2.10 bits per heavy atom. The van der Waals surface area contributed by atoms with Crippen molar-refractivity contribution in [3.63, 3.8) is 0 Å². The summed E-state index contributed by atoms with van der Waals surface area (Å²) < 4.78 is 5.65. The van der Waals surface area contributed by atoms with E-state index >= 15 is 0 Å². The average molecular weight is 275 g/mol. The number of nitrogens with zero attached hydrogens (tertiary/aromatic N) is 1. The second-order valence-corrected chi connectivity index (χ2v) is 5.70. The minimum atomic E-state index is -0.0374. The lowest BCUT2D eigenvalue weighted by Crippen LogP contribution is -2.34. The largest absolute Gasteiger partial charge is 0.387 e. The van der Waals surface area contributed by atoms with Gasteiger partial charge in [0.15, 0.2) is 0 Å². The minimum absolute atomic E-state index is 0.0374. The van der Waals surface area contributed by atoms with Crippen LogP contribution < -0.4 is 5.73 Å². The monoisotopic (exact) mass is 275 g/mol. The molecule has 1 aromatic rings. The van der Waals surface area contributed by atoms with Crippen LogP contribution >= 0.6 is 0 Å². The number of likely N-dealkylation sites (N-methyl/N-ethyl adjacent to an activating group) is 1. The van der Waals surface area contributed by atoms with E-state index < -0.39 is 0 Å². The summed E-state index contributed by atoms with van der Waals surface area (Å²) in [5, 5.41) is 7.78. The van der Waals surface area contributed by atoms with Crippen LogP contribution in [0.2, 0.25) is 0 Å². The van der Waals surface area contributed by atoms with Gasteiger partial charge in [-0.1, -0.05) is 30.3 Å². The van der Waals surface area contributed by atoms with E-state index in [1.54, 1.807) is 0 Å². The quantitative estimate of drug-likeness (QED) is 0.412. The molecule has 0 aromatic heterocycles. The third-order valence-electron chi connectivity index (χ3n) is 3.74. The number of hydrogen-bond acceptors (Lipinski definition) is 3. The third kappa shape index (κ3) is 4.94. The van der Waals surface area contributed by atoms with Crippen molar-refractivity contribution in [1.29, 1.82) is 5.41 Å². The molecule has 20 heavy (non-hydrogen) atoms. The van der Waals surface area contributed by atoms with Gasteiger partial charge >= 0.3 is 0 Å². The summed E-state index contributed by atoms with van der Waals surface area (Å²) in [6.45, 7) is 3.30. The maximum atomic E-state index is 7.78. The molecule has 0 amide bonds. The molecule has 0 spiro atoms. The van der Waals surface area contributed by atoms with Crippen molar-refractivity contribution >= 4 is 5.84 Å². The highest BCUT2D eigenvalue weighted by molar-refractivity contribution is 5.84. The van der Waals surface area contributed by atoms with Crippen LogP contribution in [0.15, 0.2) is 30.3 Å². The van der Waals surface area contributed by atoms with Crippen LogP contribution in [0, 0.1) is 11.3 Å². The maximum absolute atomic E-state index is 7.78. The van der Waals surface area contributed by atoms with Crippen molar-refractivity contribution in [1.82, 2.24) is 4.90 Å². The topological polar surface area (TPSA) is 62.3 Å². The highest BCUT2D eigenvalue weighted by atomic mass is 16.5. The zero-order valence-electron chi connectivity index (χ0n) is 12.2. The van der Waals surface area contributed by atoms with E-state index in [9.17, 15) is 0 Å². The fourth-order valence-corrected chi connectivity index (χ4v) is 2.23. The van der Waals surface area contributed by atoms with Crippen molar-refractivity contribution in [3.8, 4) is 0 Å². The van der Waals surface area contributed by atoms with Crippen LogP contribution in [0.25, 0.3) is 0 Å². The van der Waals surface area contributed by atoms with E-state index in [0.717, 1.165) is 37.8 Å². The lowest BCUT2D eigenvalue weighted by atomic mass is 9.97. The summed E-state index contributed by atoms with van der Waals surface area (Å²) in [4.78, 5) is 2.19. The lowest BCUT2D eigenvalue weighted by Gasteiger charge is -2.23. The van der Waals surface area contributed by atoms with E-state index in [-0.39, 0.29) is 11.8 Å². The fraction of sp³-hybridized carbons (Fsp3) is 0.562. The molecule has 1 aliphatic carbocycles. The van der Waals surface area contributed by atoms with Crippen molar-refractivity contribution in [3.05, 3.63) is 35.9 Å². The summed E-state index contributed by atoms with van der Waals surface area (Å²) in [6, 6.07) is 10.0. The van der Waals surface area contributed by atoms with Gasteiger partial charge in [-0.2, -0.15) is 0 Å². The molecule has 4 heteroatoms. The zero-order chi connectivity index (χ0) is 14.4. The number of benzene rings is 1. The van der Waals surface area contributed by atoms with E-state index in [2.05, 4.69) is 11.9 Å². The standard InChI is InChI=1S/C16H25N3O/c1-19(9-10-20-12-13-7-8-13)11-15(16(17)18)14-5-3-2-4-6-14/h2-6,13,15H,7-12H2,1H3,(H3,17,18). The molecule has 0 radical (unpaired) electrons. The van der Waals surface area contributed by atoms with Crippen molar-refractivity contribution in [2.75, 3.05) is 33.4 Å². The van der Waals surface area contributed by atoms with E-state index in [1.807, 2.05) is 30.3 Å². The Kier molecular flexibility index (Phi) is 5.56. The fourth-order valence-electron chi connectivity index (χ4n) is 2.23. The molecule has 0 aliphatic heterocycles. The van der Waals surface area contributed by atoms with Gasteiger partial charge in [0.2, 0.25) is 0 Å². The molecule has 1 atom stereocenters. The Balaban J connectivity index is 1.76. The molecule has 0 saturated heterocycles. The number of nitrogens with two attached hydrogens (primary N) is 1. The van der Waals surface area contributed by atoms with E-state index in [4.69, 9.17) is 15.9 Å². The van der Waals surface area contributed by atoms with Crippen molar-refractivity contribution < 1.29 is 4.74 Å². The molecule has 3 N–H and O–H groups in total. The van der Waals surface area contributed by atoms with Gasteiger partial charge in [0.05, 0.1) is 18.4 Å². The first-order chi connectivity index (χ1) is 9.66. The molecule has 0 heterocycles. The molecule has 0 bridgehead atoms. The van der Waals surface area contributed by atoms with Crippen LogP contribution in [-0.2, 0) is 4.74 Å². The number of nitrogens with one attached hydrogen (secondary N) is 1. The highest BCUT2D eigenvalue weighted by Crippen LogP contribution is 2.28. The molecule has 1 aliphatic rings. The second-order valence-electron chi connectivity index (χ2n) is 5.70. The van der Waals surface area contributed by atoms with Gasteiger partial charge in [-0.05, 0) is 31.4 Å². The van der Waals surface area contributed by atoms with E-state index in [0.29, 0.717) is 0 Å². The Bertz CT molecular complexity index is 417. The van der Waals surface area contributed by atoms with Crippen molar-refractivity contribution in [2.24, 2.45) is 11.7 Å². The number of rotatable bonds is 9. The van der Waals surface area contributed by atoms with E-state index in [1.165, 1.54) is 12.8 Å². The lowest BCUT2D eigenvalue weighted by molar-refractivity contribution is 0.103. The summed E-state index contributed by atoms with van der Waals surface area (Å²) in [6.07, 6.45) is 2.66. The van der Waals surface area contributed by atoms with Gasteiger partial charge in [0, 0.05) is 19.7 Å². The second kappa shape index (κ2) is 7.41. The molecule has 1 fully saturated rings. The van der Waals surface area contributed by atoms with Crippen LogP contribution in [0.5, 0.6) is 0 Å². The predicted molar refractivity (Wildman–Crippen MR) is 82.1 cm³/mol. The van der Waals surface area contributed by atoms with Crippen LogP contribution in [0.3, 0.4) is 0 Å². The number of ether oxygens (including phenoxy) is 1. The Hall–Kier alpha value is -1.39. The first kappa shape index (κ1) is 15.0. The third-order valence-corrected chi connectivity index (χ3v) is 3.74. The normalized spacial score (nSPS) is 16.3. The molecule has 2 rings (SSSR count). The smallest absolute Gasteiger partial charge is 0.0995 e. The molecule has 1 saturated carbocycles. The maximum Gasteiger partial charge on any atom is 0.0995 e. The Morgan fingerprint density at radius 3 is 2.70 bits per heavy atom. The molecular weight excluding hydrogens is 250 g/mol. The van der Waals surface area contributed by atoms with Crippen LogP contribution in [0.1, 0.15) is 24.3 Å². The van der Waals surface area contributed by atoms with Gasteiger partial charge in [-0.25, -0.2) is 0 Å². The molecule has 1 aromatic carbocycles. The minimum Gasteiger partial charge on any atom is -0.387 e. The van der Waals surface area contributed by atoms with Crippen LogP contribution in [-0.4, -0.2) is 44.1 Å². The Labute approximate surface area is 121 Å². The molecular formula is C16H25N3O. The molecule has 1 unspecified atom stereocenters. The number of amidine groups is 1. The summed E-state index contributed by atoms with van der Waals surface area (Å²) in [5.41, 5.74) is 6.85. The van der Waals surface area contributed by atoms with Gasteiger partial charge in [0.1, 0.15) is 0 Å². The van der Waals surface area contributed by atoms with Crippen molar-refractivity contribution in [2.45, 2.75) is 18.8 Å². The Morgan fingerprint density at radius 1 is 1.40 bits per heavy atom. The van der Waals surface area contributed by atoms with Gasteiger partial charge in [0.25, 0.3) is 0 Å². The summed E-state index contributed by atoms with van der Waals surface area (Å²) in [7, 11) is 2.05. The predicted octanol–water partition coefficient (Wildman–Crippen LogP) is 2.06. The summed E-state index contributed by atoms with van der Waals surface area (Å²) in [5.74, 6) is 1.00. The molecule has 4 nitrogen and oxygen atoms in total. The zero-order valence-corrected chi connectivity index (χ0v) is 12.2. The van der Waals surface area contributed by atoms with Gasteiger partial charge < -0.3 is 15.4 Å². The van der Waals surface area contributed by atoms with Gasteiger partial charge in [-0.15, -0.1) is 0 Å². The number of hydrogen-bond donors (Lipinski definition) is 2. The molecule has 110 valence electrons.